The third kappa shape index (κ3) is 4.24. The van der Waals surface area contributed by atoms with Gasteiger partial charge in [0.05, 0.1) is 5.02 Å². The molecule has 3 atom stereocenters. The number of carbonyl (C=O) groups is 1. The fourth-order valence-electron chi connectivity index (χ4n) is 2.67. The van der Waals surface area contributed by atoms with E-state index in [4.69, 9.17) is 22.1 Å². The van der Waals surface area contributed by atoms with Gasteiger partial charge in [0.15, 0.2) is 6.10 Å². The van der Waals surface area contributed by atoms with Crippen molar-refractivity contribution in [2.24, 2.45) is 11.7 Å². The predicted octanol–water partition coefficient (Wildman–Crippen LogP) is 2.86. The minimum atomic E-state index is -0.674. The first-order valence-corrected chi connectivity index (χ1v) is 7.42. The van der Waals surface area contributed by atoms with Crippen LogP contribution in [0.1, 0.15) is 20.3 Å². The Morgan fingerprint density at radius 1 is 1.59 bits per heavy atom. The molecule has 22 heavy (non-hydrogen) atoms. The highest BCUT2D eigenvalue weighted by molar-refractivity contribution is 6.32. The molecular weight excluding hydrogens is 330 g/mol. The Labute approximate surface area is 141 Å². The molecule has 3 unspecified atom stereocenters. The van der Waals surface area contributed by atoms with Crippen LogP contribution in [0.4, 0.5) is 4.39 Å². The molecule has 0 spiro atoms. The summed E-state index contributed by atoms with van der Waals surface area (Å²) in [5.74, 6) is 0.107. The lowest BCUT2D eigenvalue weighted by Gasteiger charge is -2.25. The highest BCUT2D eigenvalue weighted by Gasteiger charge is 2.34. The minimum Gasteiger partial charge on any atom is -0.479 e. The number of carbonyl (C=O) groups excluding carboxylic acids is 1. The molecule has 0 radical (unpaired) electrons. The smallest absolute Gasteiger partial charge is 0.263 e. The number of nitrogens with zero attached hydrogens (tertiary/aromatic N) is 1. The topological polar surface area (TPSA) is 55.6 Å². The SMILES string of the molecule is CC(Oc1ccc(F)cc1Cl)C(=O)N1CC(CN)CC1C.Cl. The number of hydrogen-bond donors (Lipinski definition) is 1. The largest absolute Gasteiger partial charge is 0.479 e. The Kier molecular flexibility index (Phi) is 6.91. The monoisotopic (exact) mass is 350 g/mol. The molecule has 1 aromatic carbocycles. The third-order valence-electron chi connectivity index (χ3n) is 3.82. The van der Waals surface area contributed by atoms with Crippen molar-refractivity contribution in [2.75, 3.05) is 13.1 Å². The van der Waals surface area contributed by atoms with E-state index in [1.165, 1.54) is 12.1 Å². The summed E-state index contributed by atoms with van der Waals surface area (Å²) in [5, 5.41) is 0.156. The zero-order valence-electron chi connectivity index (χ0n) is 12.6. The molecule has 1 amide bonds. The van der Waals surface area contributed by atoms with Crippen LogP contribution in [0.15, 0.2) is 18.2 Å². The molecule has 0 aliphatic carbocycles. The van der Waals surface area contributed by atoms with Crippen molar-refractivity contribution in [3.63, 3.8) is 0 Å². The Hall–Kier alpha value is -1.04. The molecule has 1 heterocycles. The lowest BCUT2D eigenvalue weighted by atomic mass is 10.1. The van der Waals surface area contributed by atoms with Gasteiger partial charge in [-0.2, -0.15) is 0 Å². The van der Waals surface area contributed by atoms with E-state index in [-0.39, 0.29) is 29.4 Å². The van der Waals surface area contributed by atoms with Crippen LogP contribution >= 0.6 is 24.0 Å². The molecule has 0 aromatic heterocycles. The molecule has 4 nitrogen and oxygen atoms in total. The van der Waals surface area contributed by atoms with Gasteiger partial charge in [-0.1, -0.05) is 11.6 Å². The van der Waals surface area contributed by atoms with Crippen LogP contribution in [0.25, 0.3) is 0 Å². The minimum absolute atomic E-state index is 0. The quantitative estimate of drug-likeness (QED) is 0.908. The van der Waals surface area contributed by atoms with Gasteiger partial charge in [-0.15, -0.1) is 12.4 Å². The zero-order chi connectivity index (χ0) is 15.6. The average molecular weight is 351 g/mol. The van der Waals surface area contributed by atoms with Gasteiger partial charge in [0.2, 0.25) is 0 Å². The standard InChI is InChI=1S/C15H20ClFN2O2.ClH/c1-9-5-11(7-18)8-19(9)15(20)10(2)21-14-4-3-12(17)6-13(14)16;/h3-4,6,9-11H,5,7-8,18H2,1-2H3;1H. The Bertz CT molecular complexity index is 530. The second-order valence-corrected chi connectivity index (χ2v) is 5.92. The summed E-state index contributed by atoms with van der Waals surface area (Å²) in [5.41, 5.74) is 5.67. The van der Waals surface area contributed by atoms with E-state index in [1.54, 1.807) is 11.8 Å². The lowest BCUT2D eigenvalue weighted by molar-refractivity contribution is -0.138. The molecule has 1 saturated heterocycles. The summed E-state index contributed by atoms with van der Waals surface area (Å²) in [6.07, 6.45) is 0.235. The molecule has 1 aliphatic heterocycles. The van der Waals surface area contributed by atoms with Gasteiger partial charge < -0.3 is 15.4 Å². The van der Waals surface area contributed by atoms with E-state index in [1.807, 2.05) is 6.92 Å². The molecule has 1 aliphatic rings. The van der Waals surface area contributed by atoms with Crippen molar-refractivity contribution in [3.05, 3.63) is 29.0 Å². The van der Waals surface area contributed by atoms with Crippen LogP contribution < -0.4 is 10.5 Å². The van der Waals surface area contributed by atoms with E-state index >= 15 is 0 Å². The molecule has 0 saturated carbocycles. The molecule has 7 heteroatoms. The summed E-state index contributed by atoms with van der Waals surface area (Å²) in [4.78, 5) is 14.2. The second-order valence-electron chi connectivity index (χ2n) is 5.51. The lowest BCUT2D eigenvalue weighted by Crippen LogP contribution is -2.42. The molecule has 1 aromatic rings. The van der Waals surface area contributed by atoms with Crippen molar-refractivity contribution in [2.45, 2.75) is 32.4 Å². The zero-order valence-corrected chi connectivity index (χ0v) is 14.2. The van der Waals surface area contributed by atoms with Crippen molar-refractivity contribution in [3.8, 4) is 5.75 Å². The molecule has 0 bridgehead atoms. The third-order valence-corrected chi connectivity index (χ3v) is 4.12. The maximum Gasteiger partial charge on any atom is 0.263 e. The highest BCUT2D eigenvalue weighted by Crippen LogP contribution is 2.27. The van der Waals surface area contributed by atoms with E-state index in [0.29, 0.717) is 24.8 Å². The van der Waals surface area contributed by atoms with Crippen LogP contribution in [0.2, 0.25) is 5.02 Å². The van der Waals surface area contributed by atoms with Crippen LogP contribution in [0.5, 0.6) is 5.75 Å². The highest BCUT2D eigenvalue weighted by atomic mass is 35.5. The van der Waals surface area contributed by atoms with Crippen molar-refractivity contribution < 1.29 is 13.9 Å². The van der Waals surface area contributed by atoms with Crippen molar-refractivity contribution in [1.29, 1.82) is 0 Å². The van der Waals surface area contributed by atoms with Crippen LogP contribution in [0.3, 0.4) is 0 Å². The van der Waals surface area contributed by atoms with Gasteiger partial charge in [0, 0.05) is 12.6 Å². The molecular formula is C15H21Cl2FN2O2. The first kappa shape index (κ1) is 19.0. The number of amides is 1. The van der Waals surface area contributed by atoms with Gasteiger partial charge in [0.25, 0.3) is 5.91 Å². The number of halogens is 3. The molecule has 2 N–H and O–H groups in total. The summed E-state index contributed by atoms with van der Waals surface area (Å²) in [6.45, 7) is 4.91. The number of hydrogen-bond acceptors (Lipinski definition) is 3. The maximum atomic E-state index is 13.0. The average Bonchev–Trinajstić information content (AvgIpc) is 2.82. The first-order valence-electron chi connectivity index (χ1n) is 7.04. The number of nitrogens with two attached hydrogens (primary N) is 1. The first-order chi connectivity index (χ1) is 9.92. The maximum absolute atomic E-state index is 13.0. The summed E-state index contributed by atoms with van der Waals surface area (Å²) >= 11 is 5.91. The Morgan fingerprint density at radius 3 is 2.82 bits per heavy atom. The van der Waals surface area contributed by atoms with Crippen LogP contribution in [-0.2, 0) is 4.79 Å². The summed E-state index contributed by atoms with van der Waals surface area (Å²) in [7, 11) is 0. The number of rotatable bonds is 4. The predicted molar refractivity (Wildman–Crippen MR) is 87.1 cm³/mol. The van der Waals surface area contributed by atoms with E-state index in [2.05, 4.69) is 0 Å². The van der Waals surface area contributed by atoms with Gasteiger partial charge in [-0.25, -0.2) is 4.39 Å². The van der Waals surface area contributed by atoms with E-state index < -0.39 is 11.9 Å². The fourth-order valence-corrected chi connectivity index (χ4v) is 2.88. The Morgan fingerprint density at radius 2 is 2.27 bits per heavy atom. The second kappa shape index (κ2) is 7.99. The van der Waals surface area contributed by atoms with Crippen molar-refractivity contribution in [1.82, 2.24) is 4.90 Å². The van der Waals surface area contributed by atoms with E-state index in [0.717, 1.165) is 12.5 Å². The van der Waals surface area contributed by atoms with E-state index in [9.17, 15) is 9.18 Å². The van der Waals surface area contributed by atoms with Crippen LogP contribution in [-0.4, -0.2) is 36.0 Å². The van der Waals surface area contributed by atoms with Gasteiger partial charge in [0.1, 0.15) is 11.6 Å². The van der Waals surface area contributed by atoms with Crippen LogP contribution in [0, 0.1) is 11.7 Å². The van der Waals surface area contributed by atoms with Gasteiger partial charge in [-0.05, 0) is 50.9 Å². The fraction of sp³-hybridized carbons (Fsp3) is 0.533. The molecule has 124 valence electrons. The normalized spacial score (nSPS) is 22.1. The molecule has 2 rings (SSSR count). The number of benzene rings is 1. The summed E-state index contributed by atoms with van der Waals surface area (Å²) < 4.78 is 18.6. The number of likely N-dealkylation sites (tertiary alicyclic amines) is 1. The van der Waals surface area contributed by atoms with Crippen molar-refractivity contribution >= 4 is 29.9 Å². The number of ether oxygens (including phenoxy) is 1. The summed E-state index contributed by atoms with van der Waals surface area (Å²) in [6, 6.07) is 4.00. The van der Waals surface area contributed by atoms with Gasteiger partial charge >= 0.3 is 0 Å². The van der Waals surface area contributed by atoms with Gasteiger partial charge in [-0.3, -0.25) is 4.79 Å². The molecule has 1 fully saturated rings. The Balaban J connectivity index is 0.00000242.